The van der Waals surface area contributed by atoms with E-state index < -0.39 is 0 Å². The van der Waals surface area contributed by atoms with Gasteiger partial charge in [0.25, 0.3) is 0 Å². The number of oxime groups is 1. The summed E-state index contributed by atoms with van der Waals surface area (Å²) in [5.74, 6) is 0.840. The highest BCUT2D eigenvalue weighted by Gasteiger charge is 2.53. The van der Waals surface area contributed by atoms with Crippen molar-refractivity contribution in [1.82, 2.24) is 0 Å². The van der Waals surface area contributed by atoms with Crippen molar-refractivity contribution in [2.75, 3.05) is 0 Å². The Bertz CT molecular complexity index is 196. The molecule has 1 spiro atoms. The first-order valence-electron chi connectivity index (χ1n) is 4.26. The molecule has 0 aromatic rings. The second kappa shape index (κ2) is 2.13. The monoisotopic (exact) mass is 154 g/mol. The molecular weight excluding hydrogens is 140 g/mol. The molecule has 0 aromatic carbocycles. The first-order valence-corrected chi connectivity index (χ1v) is 4.26. The molecule has 2 aliphatic carbocycles. The van der Waals surface area contributed by atoms with Gasteiger partial charge in [0.1, 0.15) is 5.84 Å². The lowest BCUT2D eigenvalue weighted by Gasteiger charge is -2.15. The van der Waals surface area contributed by atoms with Crippen LogP contribution in [0.2, 0.25) is 0 Å². The predicted octanol–water partition coefficient (Wildman–Crippen LogP) is 1.31. The Hall–Kier alpha value is -0.730. The van der Waals surface area contributed by atoms with Gasteiger partial charge in [-0.2, -0.15) is 0 Å². The first kappa shape index (κ1) is 6.95. The Morgan fingerprint density at radius 1 is 1.45 bits per heavy atom. The number of nitrogens with two attached hydrogens (primary N) is 1. The van der Waals surface area contributed by atoms with Crippen LogP contribution in [0.25, 0.3) is 0 Å². The van der Waals surface area contributed by atoms with Gasteiger partial charge in [0.2, 0.25) is 0 Å². The van der Waals surface area contributed by atoms with E-state index >= 15 is 0 Å². The standard InChI is InChI=1S/C8H14N2O/c9-7(10-11)6-2-1-3-8(6)4-5-8/h6,11H,1-5H2,(H2,9,10). The van der Waals surface area contributed by atoms with Crippen molar-refractivity contribution in [2.45, 2.75) is 32.1 Å². The van der Waals surface area contributed by atoms with Gasteiger partial charge in [-0.05, 0) is 31.1 Å². The van der Waals surface area contributed by atoms with Crippen LogP contribution in [0.15, 0.2) is 5.16 Å². The van der Waals surface area contributed by atoms with Crippen LogP contribution in [0.1, 0.15) is 32.1 Å². The average molecular weight is 154 g/mol. The lowest BCUT2D eigenvalue weighted by atomic mass is 9.92. The van der Waals surface area contributed by atoms with Crippen molar-refractivity contribution in [3.63, 3.8) is 0 Å². The molecule has 2 saturated carbocycles. The van der Waals surface area contributed by atoms with Crippen LogP contribution in [-0.2, 0) is 0 Å². The van der Waals surface area contributed by atoms with Crippen molar-refractivity contribution < 1.29 is 5.21 Å². The van der Waals surface area contributed by atoms with Crippen LogP contribution >= 0.6 is 0 Å². The molecule has 0 aliphatic heterocycles. The SMILES string of the molecule is N/C(=N\O)C1CCCC12CC2. The zero-order chi connectivity index (χ0) is 7.90. The number of hydrogen-bond donors (Lipinski definition) is 2. The summed E-state index contributed by atoms with van der Waals surface area (Å²) in [6, 6.07) is 0. The summed E-state index contributed by atoms with van der Waals surface area (Å²) in [7, 11) is 0. The lowest BCUT2D eigenvalue weighted by Crippen LogP contribution is -2.27. The van der Waals surface area contributed by atoms with Crippen molar-refractivity contribution >= 4 is 5.84 Å². The third-order valence-electron chi connectivity index (χ3n) is 3.27. The summed E-state index contributed by atoms with van der Waals surface area (Å²) >= 11 is 0. The average Bonchev–Trinajstić information content (AvgIpc) is 2.63. The molecule has 0 bridgehead atoms. The number of hydrogen-bond acceptors (Lipinski definition) is 2. The van der Waals surface area contributed by atoms with Crippen LogP contribution in [0, 0.1) is 11.3 Å². The Labute approximate surface area is 66.3 Å². The van der Waals surface area contributed by atoms with Crippen molar-refractivity contribution in [1.29, 1.82) is 0 Å². The molecule has 0 amide bonds. The van der Waals surface area contributed by atoms with Crippen LogP contribution in [-0.4, -0.2) is 11.0 Å². The van der Waals surface area contributed by atoms with Gasteiger partial charge in [-0.15, -0.1) is 0 Å². The fraction of sp³-hybridized carbons (Fsp3) is 0.875. The van der Waals surface area contributed by atoms with Gasteiger partial charge in [0.15, 0.2) is 0 Å². The summed E-state index contributed by atoms with van der Waals surface area (Å²) in [5.41, 5.74) is 6.06. The smallest absolute Gasteiger partial charge is 0.142 e. The van der Waals surface area contributed by atoms with Gasteiger partial charge in [-0.25, -0.2) is 0 Å². The largest absolute Gasteiger partial charge is 0.409 e. The molecule has 0 radical (unpaired) electrons. The van der Waals surface area contributed by atoms with E-state index in [-0.39, 0.29) is 0 Å². The van der Waals surface area contributed by atoms with Crippen LogP contribution in [0.3, 0.4) is 0 Å². The highest BCUT2D eigenvalue weighted by Crippen LogP contribution is 2.61. The van der Waals surface area contributed by atoms with E-state index in [9.17, 15) is 0 Å². The van der Waals surface area contributed by atoms with Gasteiger partial charge in [-0.3, -0.25) is 0 Å². The maximum atomic E-state index is 8.52. The van der Waals surface area contributed by atoms with Crippen molar-refractivity contribution in [3.05, 3.63) is 0 Å². The lowest BCUT2D eigenvalue weighted by molar-refractivity contribution is 0.308. The zero-order valence-corrected chi connectivity index (χ0v) is 6.58. The molecule has 2 rings (SSSR count). The second-order valence-electron chi connectivity index (χ2n) is 3.83. The van der Waals surface area contributed by atoms with Crippen molar-refractivity contribution in [3.8, 4) is 0 Å². The Kier molecular flexibility index (Phi) is 1.34. The molecule has 3 heteroatoms. The minimum Gasteiger partial charge on any atom is -0.409 e. The topological polar surface area (TPSA) is 58.6 Å². The van der Waals surface area contributed by atoms with Gasteiger partial charge in [-0.1, -0.05) is 11.6 Å². The maximum absolute atomic E-state index is 8.52. The molecule has 0 saturated heterocycles. The normalized spacial score (nSPS) is 34.5. The molecule has 1 atom stereocenters. The van der Waals surface area contributed by atoms with Gasteiger partial charge >= 0.3 is 0 Å². The number of rotatable bonds is 1. The van der Waals surface area contributed by atoms with E-state index in [2.05, 4.69) is 5.16 Å². The highest BCUT2D eigenvalue weighted by molar-refractivity contribution is 5.83. The van der Waals surface area contributed by atoms with Crippen LogP contribution < -0.4 is 5.73 Å². The molecule has 3 nitrogen and oxygen atoms in total. The number of amidine groups is 1. The van der Waals surface area contributed by atoms with E-state index in [0.29, 0.717) is 17.2 Å². The van der Waals surface area contributed by atoms with E-state index in [1.54, 1.807) is 0 Å². The van der Waals surface area contributed by atoms with E-state index in [1.807, 2.05) is 0 Å². The summed E-state index contributed by atoms with van der Waals surface area (Å²) in [4.78, 5) is 0. The molecule has 2 fully saturated rings. The van der Waals surface area contributed by atoms with Crippen LogP contribution in [0.4, 0.5) is 0 Å². The minimum atomic E-state index is 0.382. The van der Waals surface area contributed by atoms with Crippen LogP contribution in [0.5, 0.6) is 0 Å². The van der Waals surface area contributed by atoms with Gasteiger partial charge < -0.3 is 10.9 Å². The van der Waals surface area contributed by atoms with Gasteiger partial charge in [0.05, 0.1) is 0 Å². The third-order valence-corrected chi connectivity index (χ3v) is 3.27. The first-order chi connectivity index (χ1) is 5.28. The Balaban J connectivity index is 2.14. The molecule has 1 unspecified atom stereocenters. The maximum Gasteiger partial charge on any atom is 0.142 e. The zero-order valence-electron chi connectivity index (χ0n) is 6.58. The summed E-state index contributed by atoms with van der Waals surface area (Å²) < 4.78 is 0. The quantitative estimate of drug-likeness (QED) is 0.259. The van der Waals surface area contributed by atoms with Gasteiger partial charge in [0, 0.05) is 5.92 Å². The van der Waals surface area contributed by atoms with E-state index in [4.69, 9.17) is 10.9 Å². The molecule has 0 aromatic heterocycles. The minimum absolute atomic E-state index is 0.382. The molecule has 3 N–H and O–H groups in total. The summed E-state index contributed by atoms with van der Waals surface area (Å²) in [5, 5.41) is 11.6. The fourth-order valence-electron chi connectivity index (χ4n) is 2.43. The molecule has 0 heterocycles. The summed E-state index contributed by atoms with van der Waals surface area (Å²) in [6.45, 7) is 0. The highest BCUT2D eigenvalue weighted by atomic mass is 16.4. The molecule has 2 aliphatic rings. The fourth-order valence-corrected chi connectivity index (χ4v) is 2.43. The third kappa shape index (κ3) is 0.905. The second-order valence-corrected chi connectivity index (χ2v) is 3.83. The van der Waals surface area contributed by atoms with E-state index in [0.717, 1.165) is 6.42 Å². The summed E-state index contributed by atoms with van der Waals surface area (Å²) in [6.07, 6.45) is 6.23. The molecule has 62 valence electrons. The molecule has 11 heavy (non-hydrogen) atoms. The predicted molar refractivity (Wildman–Crippen MR) is 42.4 cm³/mol. The number of nitrogens with zero attached hydrogens (tertiary/aromatic N) is 1. The Morgan fingerprint density at radius 2 is 2.18 bits per heavy atom. The van der Waals surface area contributed by atoms with Crippen molar-refractivity contribution in [2.24, 2.45) is 22.2 Å². The molecular formula is C8H14N2O. The Morgan fingerprint density at radius 3 is 2.73 bits per heavy atom. The van der Waals surface area contributed by atoms with E-state index in [1.165, 1.54) is 25.7 Å².